The van der Waals surface area contributed by atoms with Gasteiger partial charge in [-0.25, -0.2) is 13.8 Å². The van der Waals surface area contributed by atoms with Crippen molar-refractivity contribution >= 4 is 28.8 Å². The van der Waals surface area contributed by atoms with Crippen LogP contribution in [0.4, 0.5) is 20.3 Å². The fourth-order valence-electron chi connectivity index (χ4n) is 4.48. The summed E-state index contributed by atoms with van der Waals surface area (Å²) in [6.07, 6.45) is 2.83. The highest BCUT2D eigenvalue weighted by Crippen LogP contribution is 2.40. The van der Waals surface area contributed by atoms with Gasteiger partial charge in [0.05, 0.1) is 17.9 Å². The summed E-state index contributed by atoms with van der Waals surface area (Å²) in [5.74, 6) is 5.67. The second kappa shape index (κ2) is 8.23. The zero-order chi connectivity index (χ0) is 21.4. The highest BCUT2D eigenvalue weighted by Gasteiger charge is 2.41. The molecule has 0 saturated carbocycles. The fourth-order valence-corrected chi connectivity index (χ4v) is 4.65. The molecule has 2 aromatic rings. The van der Waals surface area contributed by atoms with Gasteiger partial charge in [0.15, 0.2) is 11.5 Å². The van der Waals surface area contributed by atoms with Gasteiger partial charge in [-0.3, -0.25) is 10.00 Å². The molecule has 9 heteroatoms. The summed E-state index contributed by atoms with van der Waals surface area (Å²) in [6.45, 7) is 2.68. The number of aromatic nitrogens is 2. The van der Waals surface area contributed by atoms with Gasteiger partial charge in [0.1, 0.15) is 24.3 Å². The molecule has 1 aromatic carbocycles. The summed E-state index contributed by atoms with van der Waals surface area (Å²) in [5.41, 5.74) is 1.60. The first-order valence-corrected chi connectivity index (χ1v) is 10.7. The van der Waals surface area contributed by atoms with Crippen LogP contribution < -0.4 is 5.32 Å². The number of nitrogens with zero attached hydrogens (tertiary/aromatic N) is 3. The SMILES string of the molecule is FCC1=Nc2c(C#Cc3cc(Cl)ccc3F)n[nH]c2NC1N1CCC2(CCOC2)CC1. The molecule has 6 nitrogen and oxygen atoms in total. The van der Waals surface area contributed by atoms with Crippen molar-refractivity contribution in [2.24, 2.45) is 10.4 Å². The van der Waals surface area contributed by atoms with Gasteiger partial charge < -0.3 is 10.1 Å². The monoisotopic (exact) mass is 445 g/mol. The predicted octanol–water partition coefficient (Wildman–Crippen LogP) is 3.90. The number of rotatable bonds is 2. The number of ether oxygens (including phenoxy) is 1. The second-order valence-corrected chi connectivity index (χ2v) is 8.73. The first-order chi connectivity index (χ1) is 15.1. The van der Waals surface area contributed by atoms with Crippen LogP contribution in [0, 0.1) is 23.1 Å². The van der Waals surface area contributed by atoms with E-state index in [1.807, 2.05) is 0 Å². The number of anilines is 1. The smallest absolute Gasteiger partial charge is 0.163 e. The van der Waals surface area contributed by atoms with Gasteiger partial charge in [-0.15, -0.1) is 0 Å². The molecule has 2 N–H and O–H groups in total. The Morgan fingerprint density at radius 2 is 2.10 bits per heavy atom. The number of hydrogen-bond donors (Lipinski definition) is 2. The van der Waals surface area contributed by atoms with E-state index in [1.165, 1.54) is 18.2 Å². The average molecular weight is 446 g/mol. The Bertz CT molecular complexity index is 1070. The molecule has 0 aliphatic carbocycles. The Hall–Kier alpha value is -2.47. The third-order valence-corrected chi connectivity index (χ3v) is 6.62. The quantitative estimate of drug-likeness (QED) is 0.688. The van der Waals surface area contributed by atoms with Crippen LogP contribution in [0.1, 0.15) is 30.5 Å². The average Bonchev–Trinajstić information content (AvgIpc) is 3.41. The summed E-state index contributed by atoms with van der Waals surface area (Å²) < 4.78 is 33.4. The van der Waals surface area contributed by atoms with Gasteiger partial charge in [0.25, 0.3) is 0 Å². The lowest BCUT2D eigenvalue weighted by Crippen LogP contribution is -2.53. The molecule has 0 bridgehead atoms. The molecule has 1 unspecified atom stereocenters. The number of halogens is 3. The van der Waals surface area contributed by atoms with Crippen LogP contribution in [0.5, 0.6) is 0 Å². The fraction of sp³-hybridized carbons (Fsp3) is 0.455. The van der Waals surface area contributed by atoms with Gasteiger partial charge in [0, 0.05) is 24.7 Å². The normalized spacial score (nSPS) is 22.4. The van der Waals surface area contributed by atoms with Gasteiger partial charge in [-0.1, -0.05) is 17.5 Å². The summed E-state index contributed by atoms with van der Waals surface area (Å²) in [5, 5.41) is 10.8. The maximum absolute atomic E-state index is 13.9. The summed E-state index contributed by atoms with van der Waals surface area (Å²) >= 11 is 5.92. The molecule has 2 saturated heterocycles. The van der Waals surface area contributed by atoms with E-state index >= 15 is 0 Å². The number of benzene rings is 1. The maximum atomic E-state index is 13.9. The molecule has 4 heterocycles. The molecule has 3 aliphatic heterocycles. The summed E-state index contributed by atoms with van der Waals surface area (Å²) in [6, 6.07) is 4.17. The first kappa shape index (κ1) is 20.4. The van der Waals surface area contributed by atoms with Gasteiger partial charge in [0.2, 0.25) is 0 Å². The molecular weight excluding hydrogens is 424 g/mol. The number of alkyl halides is 1. The van der Waals surface area contributed by atoms with E-state index in [0.717, 1.165) is 45.6 Å². The van der Waals surface area contributed by atoms with Crippen LogP contribution in [0.25, 0.3) is 0 Å². The number of aliphatic imine (C=N–C) groups is 1. The molecule has 0 radical (unpaired) electrons. The number of piperidine rings is 1. The number of fused-ring (bicyclic) bond motifs is 1. The van der Waals surface area contributed by atoms with Crippen LogP contribution in [0.15, 0.2) is 23.2 Å². The topological polar surface area (TPSA) is 65.5 Å². The largest absolute Gasteiger partial charge is 0.381 e. The molecule has 0 amide bonds. The van der Waals surface area contributed by atoms with Crippen molar-refractivity contribution in [3.8, 4) is 11.8 Å². The van der Waals surface area contributed by atoms with Crippen molar-refractivity contribution < 1.29 is 13.5 Å². The highest BCUT2D eigenvalue weighted by atomic mass is 35.5. The Labute approximate surface area is 184 Å². The standard InChI is InChI=1S/C22H22ClF2N5O/c23-15-2-3-16(25)14(11-15)1-4-17-19-20(29-28-17)27-21(18(12-24)26-19)30-8-5-22(6-9-30)7-10-31-13-22/h2-3,11,21H,5-10,12-13H2,(H2,27,28,29). The van der Waals surface area contributed by atoms with E-state index in [2.05, 4.69) is 37.2 Å². The van der Waals surface area contributed by atoms with Gasteiger partial charge >= 0.3 is 0 Å². The molecule has 5 rings (SSSR count). The van der Waals surface area contributed by atoms with Crippen molar-refractivity contribution in [3.05, 3.63) is 40.3 Å². The lowest BCUT2D eigenvalue weighted by Gasteiger charge is -2.42. The van der Waals surface area contributed by atoms with E-state index in [1.54, 1.807) is 0 Å². The maximum Gasteiger partial charge on any atom is 0.163 e. The molecule has 1 aromatic heterocycles. The molecule has 3 aliphatic rings. The van der Waals surface area contributed by atoms with Gasteiger partial charge in [-0.05, 0) is 48.8 Å². The van der Waals surface area contributed by atoms with Crippen molar-refractivity contribution in [2.45, 2.75) is 25.4 Å². The minimum absolute atomic E-state index is 0.165. The molecular formula is C22H22ClF2N5O. The third kappa shape index (κ3) is 3.93. The second-order valence-electron chi connectivity index (χ2n) is 8.29. The minimum Gasteiger partial charge on any atom is -0.381 e. The molecule has 31 heavy (non-hydrogen) atoms. The van der Waals surface area contributed by atoms with Crippen LogP contribution >= 0.6 is 11.6 Å². The molecule has 2 fully saturated rings. The summed E-state index contributed by atoms with van der Waals surface area (Å²) in [7, 11) is 0. The number of likely N-dealkylation sites (tertiary alicyclic amines) is 1. The van der Waals surface area contributed by atoms with E-state index in [9.17, 15) is 8.78 Å². The highest BCUT2D eigenvalue weighted by molar-refractivity contribution is 6.30. The zero-order valence-corrected chi connectivity index (χ0v) is 17.6. The lowest BCUT2D eigenvalue weighted by atomic mass is 9.78. The van der Waals surface area contributed by atoms with E-state index in [-0.39, 0.29) is 17.1 Å². The predicted molar refractivity (Wildman–Crippen MR) is 115 cm³/mol. The van der Waals surface area contributed by atoms with Crippen LogP contribution in [-0.2, 0) is 4.74 Å². The van der Waals surface area contributed by atoms with Gasteiger partial charge in [-0.2, -0.15) is 5.10 Å². The Morgan fingerprint density at radius 1 is 1.26 bits per heavy atom. The van der Waals surface area contributed by atoms with Crippen LogP contribution in [-0.4, -0.2) is 60.0 Å². The molecule has 1 spiro atoms. The Morgan fingerprint density at radius 3 is 2.84 bits per heavy atom. The number of H-pyrrole nitrogens is 1. The Balaban J connectivity index is 1.36. The number of nitrogens with one attached hydrogen (secondary N) is 2. The molecule has 1 atom stereocenters. The lowest BCUT2D eigenvalue weighted by molar-refractivity contribution is 0.0755. The van der Waals surface area contributed by atoms with Crippen molar-refractivity contribution in [1.29, 1.82) is 0 Å². The number of aromatic amines is 1. The third-order valence-electron chi connectivity index (χ3n) is 6.38. The summed E-state index contributed by atoms with van der Waals surface area (Å²) in [4.78, 5) is 6.74. The van der Waals surface area contributed by atoms with E-state index < -0.39 is 12.5 Å². The number of hydrogen-bond acceptors (Lipinski definition) is 5. The Kier molecular flexibility index (Phi) is 5.42. The van der Waals surface area contributed by atoms with Crippen LogP contribution in [0.3, 0.4) is 0 Å². The van der Waals surface area contributed by atoms with Crippen molar-refractivity contribution in [1.82, 2.24) is 15.1 Å². The first-order valence-electron chi connectivity index (χ1n) is 10.3. The molecule has 162 valence electrons. The van der Waals surface area contributed by atoms with E-state index in [0.29, 0.717) is 27.9 Å². The van der Waals surface area contributed by atoms with Crippen LogP contribution in [0.2, 0.25) is 5.02 Å². The van der Waals surface area contributed by atoms with Crippen molar-refractivity contribution in [2.75, 3.05) is 38.3 Å². The zero-order valence-electron chi connectivity index (χ0n) is 16.9. The van der Waals surface area contributed by atoms with Crippen molar-refractivity contribution in [3.63, 3.8) is 0 Å². The van der Waals surface area contributed by atoms with E-state index in [4.69, 9.17) is 16.3 Å². The minimum atomic E-state index is -0.678.